The number of anilines is 1. The Kier molecular flexibility index (Phi) is 6.71. The van der Waals surface area contributed by atoms with Gasteiger partial charge in [-0.25, -0.2) is 8.42 Å². The summed E-state index contributed by atoms with van der Waals surface area (Å²) in [4.78, 5) is 25.6. The van der Waals surface area contributed by atoms with Crippen LogP contribution in [-0.4, -0.2) is 32.5 Å². The van der Waals surface area contributed by atoms with Crippen molar-refractivity contribution in [3.05, 3.63) is 89.5 Å². The molecule has 33 heavy (non-hydrogen) atoms. The van der Waals surface area contributed by atoms with E-state index < -0.39 is 15.9 Å². The average molecular weight is 482 g/mol. The van der Waals surface area contributed by atoms with Gasteiger partial charge in [0.2, 0.25) is 5.91 Å². The fraction of sp³-hybridized carbons (Fsp3) is 0.167. The van der Waals surface area contributed by atoms with Crippen molar-refractivity contribution < 1.29 is 18.0 Å². The van der Waals surface area contributed by atoms with Crippen LogP contribution in [0.4, 0.5) is 5.69 Å². The molecule has 3 aromatic rings. The number of hydrogen-bond acceptors (Lipinski definition) is 5. The monoisotopic (exact) mass is 481 g/mol. The molecule has 1 aliphatic heterocycles. The number of rotatable bonds is 6. The molecule has 0 saturated carbocycles. The minimum Gasteiger partial charge on any atom is -0.272 e. The minimum absolute atomic E-state index is 0.0214. The SMILES string of the molecule is Cc1ccc(SCC(=O)NNC(=O)c2cccc(S(=O)(=O)N3CCc4ccccc43)c2)cc1. The summed E-state index contributed by atoms with van der Waals surface area (Å²) >= 11 is 1.35. The molecule has 1 aliphatic rings. The van der Waals surface area contributed by atoms with E-state index in [9.17, 15) is 18.0 Å². The van der Waals surface area contributed by atoms with Crippen molar-refractivity contribution in [2.45, 2.75) is 23.1 Å². The highest BCUT2D eigenvalue weighted by Crippen LogP contribution is 2.32. The summed E-state index contributed by atoms with van der Waals surface area (Å²) in [5.41, 5.74) is 7.62. The Morgan fingerprint density at radius 1 is 0.970 bits per heavy atom. The van der Waals surface area contributed by atoms with E-state index in [1.165, 1.54) is 40.3 Å². The zero-order chi connectivity index (χ0) is 23.4. The lowest BCUT2D eigenvalue weighted by atomic mass is 10.2. The van der Waals surface area contributed by atoms with Gasteiger partial charge in [-0.1, -0.05) is 42.0 Å². The second kappa shape index (κ2) is 9.68. The first-order valence-electron chi connectivity index (χ1n) is 10.3. The number of para-hydroxylation sites is 1. The number of hydrazine groups is 1. The molecule has 7 nitrogen and oxygen atoms in total. The molecule has 0 atom stereocenters. The van der Waals surface area contributed by atoms with Gasteiger partial charge in [0.15, 0.2) is 0 Å². The largest absolute Gasteiger partial charge is 0.272 e. The standard InChI is InChI=1S/C24H23N3O4S2/c1-17-9-11-20(12-10-17)32-16-23(28)25-26-24(29)19-6-4-7-21(15-19)33(30,31)27-14-13-18-5-2-3-8-22(18)27/h2-12,15H,13-14,16H2,1H3,(H,25,28)(H,26,29). The molecule has 0 radical (unpaired) electrons. The van der Waals surface area contributed by atoms with Gasteiger partial charge in [0.25, 0.3) is 15.9 Å². The first-order chi connectivity index (χ1) is 15.8. The number of carbonyl (C=O) groups excluding carboxylic acids is 2. The zero-order valence-electron chi connectivity index (χ0n) is 17.9. The lowest BCUT2D eigenvalue weighted by Crippen LogP contribution is -2.42. The van der Waals surface area contributed by atoms with Gasteiger partial charge >= 0.3 is 0 Å². The van der Waals surface area contributed by atoms with Crippen LogP contribution in [-0.2, 0) is 21.2 Å². The maximum Gasteiger partial charge on any atom is 0.269 e. The molecule has 0 fully saturated rings. The molecule has 0 aliphatic carbocycles. The molecule has 0 unspecified atom stereocenters. The highest BCUT2D eigenvalue weighted by molar-refractivity contribution is 8.00. The smallest absolute Gasteiger partial charge is 0.269 e. The van der Waals surface area contributed by atoms with E-state index in [1.807, 2.05) is 43.3 Å². The minimum atomic E-state index is -3.82. The van der Waals surface area contributed by atoms with Crippen LogP contribution in [0.15, 0.2) is 82.6 Å². The van der Waals surface area contributed by atoms with Crippen LogP contribution in [0.25, 0.3) is 0 Å². The van der Waals surface area contributed by atoms with E-state index in [0.29, 0.717) is 18.7 Å². The quantitative estimate of drug-likeness (QED) is 0.416. The number of carbonyl (C=O) groups is 2. The number of nitrogens with zero attached hydrogens (tertiary/aromatic N) is 1. The molecule has 1 heterocycles. The molecule has 0 bridgehead atoms. The van der Waals surface area contributed by atoms with Crippen LogP contribution in [0.1, 0.15) is 21.5 Å². The first kappa shape index (κ1) is 22.9. The fourth-order valence-electron chi connectivity index (χ4n) is 3.50. The van der Waals surface area contributed by atoms with Crippen molar-refractivity contribution in [1.29, 1.82) is 0 Å². The van der Waals surface area contributed by atoms with Crippen LogP contribution < -0.4 is 15.2 Å². The van der Waals surface area contributed by atoms with E-state index in [-0.39, 0.29) is 22.1 Å². The highest BCUT2D eigenvalue weighted by Gasteiger charge is 2.30. The van der Waals surface area contributed by atoms with Crippen LogP contribution in [0.3, 0.4) is 0 Å². The maximum absolute atomic E-state index is 13.2. The van der Waals surface area contributed by atoms with Crippen LogP contribution in [0, 0.1) is 6.92 Å². The topological polar surface area (TPSA) is 95.6 Å². The van der Waals surface area contributed by atoms with Gasteiger partial charge in [-0.05, 0) is 55.3 Å². The van der Waals surface area contributed by atoms with Crippen LogP contribution in [0.2, 0.25) is 0 Å². The molecule has 0 spiro atoms. The molecular formula is C24H23N3O4S2. The number of fused-ring (bicyclic) bond motifs is 1. The Bertz CT molecular complexity index is 1290. The summed E-state index contributed by atoms with van der Waals surface area (Å²) in [6, 6.07) is 20.9. The second-order valence-corrected chi connectivity index (χ2v) is 10.5. The molecule has 4 rings (SSSR count). The number of benzene rings is 3. The zero-order valence-corrected chi connectivity index (χ0v) is 19.6. The second-order valence-electron chi connectivity index (χ2n) is 7.59. The summed E-state index contributed by atoms with van der Waals surface area (Å²) in [5, 5.41) is 0. The summed E-state index contributed by atoms with van der Waals surface area (Å²) in [6.07, 6.45) is 0.641. The van der Waals surface area contributed by atoms with Gasteiger partial charge in [-0.3, -0.25) is 24.7 Å². The maximum atomic E-state index is 13.2. The van der Waals surface area contributed by atoms with Gasteiger partial charge < -0.3 is 0 Å². The Morgan fingerprint density at radius 2 is 1.73 bits per heavy atom. The van der Waals surface area contributed by atoms with Crippen molar-refractivity contribution in [1.82, 2.24) is 10.9 Å². The molecule has 3 aromatic carbocycles. The third-order valence-corrected chi connectivity index (χ3v) is 8.06. The van der Waals surface area contributed by atoms with Crippen LogP contribution >= 0.6 is 11.8 Å². The highest BCUT2D eigenvalue weighted by atomic mass is 32.2. The molecular weight excluding hydrogens is 458 g/mol. The van der Waals surface area contributed by atoms with Gasteiger partial charge in [0, 0.05) is 17.0 Å². The molecule has 2 amide bonds. The normalized spacial score (nSPS) is 12.8. The number of aryl methyl sites for hydroxylation is 1. The van der Waals surface area contributed by atoms with E-state index >= 15 is 0 Å². The summed E-state index contributed by atoms with van der Waals surface area (Å²) in [5.74, 6) is -0.833. The van der Waals surface area contributed by atoms with Crippen molar-refractivity contribution in [2.75, 3.05) is 16.6 Å². The van der Waals surface area contributed by atoms with Crippen molar-refractivity contribution >= 4 is 39.3 Å². The summed E-state index contributed by atoms with van der Waals surface area (Å²) in [6.45, 7) is 2.34. The average Bonchev–Trinajstić information content (AvgIpc) is 3.27. The number of sulfonamides is 1. The fourth-order valence-corrected chi connectivity index (χ4v) is 5.75. The number of hydrogen-bond donors (Lipinski definition) is 2. The third kappa shape index (κ3) is 5.20. The molecule has 170 valence electrons. The molecule has 0 aromatic heterocycles. The Morgan fingerprint density at radius 3 is 2.52 bits per heavy atom. The molecule has 0 saturated heterocycles. The summed E-state index contributed by atoms with van der Waals surface area (Å²) < 4.78 is 27.8. The Hall–Kier alpha value is -3.30. The molecule has 9 heteroatoms. The van der Waals surface area contributed by atoms with Crippen LogP contribution in [0.5, 0.6) is 0 Å². The predicted molar refractivity (Wildman–Crippen MR) is 129 cm³/mol. The third-order valence-electron chi connectivity index (χ3n) is 5.24. The van der Waals surface area contributed by atoms with E-state index in [1.54, 1.807) is 12.1 Å². The van der Waals surface area contributed by atoms with Crippen molar-refractivity contribution in [3.63, 3.8) is 0 Å². The van der Waals surface area contributed by atoms with Crippen molar-refractivity contribution in [2.24, 2.45) is 0 Å². The van der Waals surface area contributed by atoms with E-state index in [0.717, 1.165) is 16.0 Å². The van der Waals surface area contributed by atoms with E-state index in [4.69, 9.17) is 0 Å². The summed E-state index contributed by atoms with van der Waals surface area (Å²) in [7, 11) is -3.82. The number of amides is 2. The lowest BCUT2D eigenvalue weighted by Gasteiger charge is -2.20. The Labute approximate surface area is 197 Å². The predicted octanol–water partition coefficient (Wildman–Crippen LogP) is 3.30. The first-order valence-corrected chi connectivity index (χ1v) is 12.8. The number of nitrogens with one attached hydrogen (secondary N) is 2. The van der Waals surface area contributed by atoms with Gasteiger partial charge in [-0.2, -0.15) is 0 Å². The van der Waals surface area contributed by atoms with E-state index in [2.05, 4.69) is 10.9 Å². The lowest BCUT2D eigenvalue weighted by molar-refractivity contribution is -0.119. The molecule has 2 N–H and O–H groups in total. The van der Waals surface area contributed by atoms with Crippen molar-refractivity contribution in [3.8, 4) is 0 Å². The van der Waals surface area contributed by atoms with Gasteiger partial charge in [0.1, 0.15) is 0 Å². The van der Waals surface area contributed by atoms with Gasteiger partial charge in [0.05, 0.1) is 16.3 Å². The number of thioether (sulfide) groups is 1. The van der Waals surface area contributed by atoms with Gasteiger partial charge in [-0.15, -0.1) is 11.8 Å². The Balaban J connectivity index is 1.38.